The number of rotatable bonds is 2. The Bertz CT molecular complexity index is 689. The number of aromatic nitrogens is 1. The van der Waals surface area contributed by atoms with Crippen molar-refractivity contribution in [2.45, 2.75) is 0 Å². The topological polar surface area (TPSA) is 48.1 Å². The summed E-state index contributed by atoms with van der Waals surface area (Å²) in [6.45, 7) is 0. The van der Waals surface area contributed by atoms with Gasteiger partial charge in [-0.1, -0.05) is 12.1 Å². The number of hydrogen-bond donors (Lipinski definition) is 1. The molecule has 0 spiro atoms. The van der Waals surface area contributed by atoms with Crippen LogP contribution in [-0.2, 0) is 0 Å². The summed E-state index contributed by atoms with van der Waals surface area (Å²) in [5.41, 5.74) is 6.67. The van der Waals surface area contributed by atoms with Gasteiger partial charge in [0.25, 0.3) is 0 Å². The van der Waals surface area contributed by atoms with E-state index >= 15 is 0 Å². The van der Waals surface area contributed by atoms with Gasteiger partial charge in [0, 0.05) is 16.6 Å². The van der Waals surface area contributed by atoms with Crippen molar-refractivity contribution in [2.24, 2.45) is 0 Å². The first kappa shape index (κ1) is 11.0. The minimum absolute atomic E-state index is 0.539. The number of methoxy groups -OCH3 is 1. The number of thiophene rings is 1. The lowest BCUT2D eigenvalue weighted by molar-refractivity contribution is 0.420. The predicted octanol–water partition coefficient (Wildman–Crippen LogP) is 3.55. The third-order valence-corrected chi connectivity index (χ3v) is 4.01. The molecule has 0 bridgehead atoms. The van der Waals surface area contributed by atoms with Gasteiger partial charge in [0.2, 0.25) is 0 Å². The van der Waals surface area contributed by atoms with Gasteiger partial charge in [0.05, 0.1) is 11.8 Å². The number of nitrogens with zero attached hydrogens (tertiary/aromatic N) is 1. The maximum absolute atomic E-state index is 5.60. The van der Waals surface area contributed by atoms with Crippen molar-refractivity contribution in [3.63, 3.8) is 0 Å². The molecule has 0 atom stereocenters. The van der Waals surface area contributed by atoms with Crippen molar-refractivity contribution in [3.05, 3.63) is 42.6 Å². The fraction of sp³-hybridized carbons (Fsp3) is 0.0714. The molecule has 0 saturated heterocycles. The SMILES string of the molecule is COc1cccc2cc(-c3ccc(N)nc3)sc12. The zero-order valence-electron chi connectivity index (χ0n) is 9.88. The normalized spacial score (nSPS) is 10.7. The smallest absolute Gasteiger partial charge is 0.136 e. The molecule has 0 unspecified atom stereocenters. The van der Waals surface area contributed by atoms with Gasteiger partial charge in [0.15, 0.2) is 0 Å². The molecule has 0 radical (unpaired) electrons. The number of hydrogen-bond acceptors (Lipinski definition) is 4. The maximum atomic E-state index is 5.60. The van der Waals surface area contributed by atoms with Gasteiger partial charge < -0.3 is 10.5 Å². The molecule has 3 nitrogen and oxygen atoms in total. The Balaban J connectivity index is 2.16. The van der Waals surface area contributed by atoms with Crippen molar-refractivity contribution in [2.75, 3.05) is 12.8 Å². The van der Waals surface area contributed by atoms with Crippen LogP contribution in [0.4, 0.5) is 5.82 Å². The first-order valence-electron chi connectivity index (χ1n) is 5.56. The van der Waals surface area contributed by atoms with Gasteiger partial charge in [-0.15, -0.1) is 11.3 Å². The van der Waals surface area contributed by atoms with Crippen molar-refractivity contribution < 1.29 is 4.74 Å². The monoisotopic (exact) mass is 256 g/mol. The minimum atomic E-state index is 0.539. The number of benzene rings is 1. The minimum Gasteiger partial charge on any atom is -0.495 e. The molecule has 0 amide bonds. The van der Waals surface area contributed by atoms with E-state index in [0.29, 0.717) is 5.82 Å². The van der Waals surface area contributed by atoms with E-state index in [2.05, 4.69) is 17.1 Å². The molecule has 1 aromatic carbocycles. The van der Waals surface area contributed by atoms with Gasteiger partial charge in [-0.2, -0.15) is 0 Å². The van der Waals surface area contributed by atoms with Crippen molar-refractivity contribution in [1.82, 2.24) is 4.98 Å². The molecule has 3 rings (SSSR count). The zero-order chi connectivity index (χ0) is 12.5. The van der Waals surface area contributed by atoms with Crippen LogP contribution in [-0.4, -0.2) is 12.1 Å². The number of nitrogen functional groups attached to an aromatic ring is 1. The highest BCUT2D eigenvalue weighted by atomic mass is 32.1. The molecule has 0 aliphatic carbocycles. The summed E-state index contributed by atoms with van der Waals surface area (Å²) in [7, 11) is 1.69. The summed E-state index contributed by atoms with van der Waals surface area (Å²) in [5, 5.41) is 1.19. The molecule has 2 N–H and O–H groups in total. The average molecular weight is 256 g/mol. The van der Waals surface area contributed by atoms with Crippen LogP contribution in [0.15, 0.2) is 42.6 Å². The third kappa shape index (κ3) is 1.80. The van der Waals surface area contributed by atoms with Gasteiger partial charge in [-0.05, 0) is 29.7 Å². The highest BCUT2D eigenvalue weighted by Gasteiger charge is 2.08. The number of anilines is 1. The van der Waals surface area contributed by atoms with Crippen LogP contribution in [0.2, 0.25) is 0 Å². The Labute approximate surface area is 109 Å². The van der Waals surface area contributed by atoms with Crippen LogP contribution in [0, 0.1) is 0 Å². The lowest BCUT2D eigenvalue weighted by atomic mass is 10.2. The van der Waals surface area contributed by atoms with Crippen LogP contribution in [0.1, 0.15) is 0 Å². The third-order valence-electron chi connectivity index (χ3n) is 2.80. The molecular formula is C14H12N2OS. The molecular weight excluding hydrogens is 244 g/mol. The van der Waals surface area contributed by atoms with Gasteiger partial charge >= 0.3 is 0 Å². The van der Waals surface area contributed by atoms with Crippen molar-refractivity contribution in [1.29, 1.82) is 0 Å². The summed E-state index contributed by atoms with van der Waals surface area (Å²) in [6.07, 6.45) is 1.80. The van der Waals surface area contributed by atoms with Gasteiger partial charge in [-0.25, -0.2) is 4.98 Å². The van der Waals surface area contributed by atoms with E-state index in [1.54, 1.807) is 24.6 Å². The number of nitrogens with two attached hydrogens (primary N) is 1. The van der Waals surface area contributed by atoms with Crippen molar-refractivity contribution in [3.8, 4) is 16.2 Å². The summed E-state index contributed by atoms with van der Waals surface area (Å²) in [4.78, 5) is 5.29. The molecule has 2 aromatic heterocycles. The van der Waals surface area contributed by atoms with E-state index in [4.69, 9.17) is 10.5 Å². The standard InChI is InChI=1S/C14H12N2OS/c1-17-11-4-2-3-9-7-12(18-14(9)11)10-5-6-13(15)16-8-10/h2-8H,1H3,(H2,15,16). The fourth-order valence-electron chi connectivity index (χ4n) is 1.89. The lowest BCUT2D eigenvalue weighted by Gasteiger charge is -1.99. The molecule has 0 saturated carbocycles. The Kier molecular flexibility index (Phi) is 2.64. The summed E-state index contributed by atoms with van der Waals surface area (Å²) in [6, 6.07) is 12.0. The fourth-order valence-corrected chi connectivity index (χ4v) is 3.03. The van der Waals surface area contributed by atoms with Crippen LogP contribution >= 0.6 is 11.3 Å². The highest BCUT2D eigenvalue weighted by Crippen LogP contribution is 2.38. The number of ether oxygens (including phenoxy) is 1. The molecule has 0 aliphatic heterocycles. The summed E-state index contributed by atoms with van der Waals surface area (Å²) >= 11 is 1.70. The van der Waals surface area contributed by atoms with E-state index in [-0.39, 0.29) is 0 Å². The Morgan fingerprint density at radius 3 is 2.83 bits per heavy atom. The predicted molar refractivity (Wildman–Crippen MR) is 76.0 cm³/mol. The first-order valence-corrected chi connectivity index (χ1v) is 6.38. The molecule has 90 valence electrons. The first-order chi connectivity index (χ1) is 8.78. The number of pyridine rings is 1. The molecule has 3 aromatic rings. The van der Waals surface area contributed by atoms with Crippen molar-refractivity contribution >= 4 is 27.2 Å². The van der Waals surface area contributed by atoms with Gasteiger partial charge in [0.1, 0.15) is 11.6 Å². The number of fused-ring (bicyclic) bond motifs is 1. The van der Waals surface area contributed by atoms with Crippen LogP contribution < -0.4 is 10.5 Å². The molecule has 0 fully saturated rings. The van der Waals surface area contributed by atoms with E-state index in [9.17, 15) is 0 Å². The summed E-state index contributed by atoms with van der Waals surface area (Å²) < 4.78 is 6.53. The van der Waals surface area contributed by atoms with Crippen LogP contribution in [0.5, 0.6) is 5.75 Å². The highest BCUT2D eigenvalue weighted by molar-refractivity contribution is 7.22. The second-order valence-corrected chi connectivity index (χ2v) is 5.01. The van der Waals surface area contributed by atoms with E-state index < -0.39 is 0 Å². The van der Waals surface area contributed by atoms with Crippen LogP contribution in [0.25, 0.3) is 20.5 Å². The second-order valence-electron chi connectivity index (χ2n) is 3.96. The lowest BCUT2D eigenvalue weighted by Crippen LogP contribution is -1.87. The largest absolute Gasteiger partial charge is 0.495 e. The van der Waals surface area contributed by atoms with Crippen LogP contribution in [0.3, 0.4) is 0 Å². The van der Waals surface area contributed by atoms with Gasteiger partial charge in [-0.3, -0.25) is 0 Å². The molecule has 18 heavy (non-hydrogen) atoms. The quantitative estimate of drug-likeness (QED) is 0.762. The average Bonchev–Trinajstić information content (AvgIpc) is 2.83. The summed E-state index contributed by atoms with van der Waals surface area (Å²) in [5.74, 6) is 1.45. The second kappa shape index (κ2) is 4.31. The Hall–Kier alpha value is -2.07. The molecule has 4 heteroatoms. The molecule has 2 heterocycles. The zero-order valence-corrected chi connectivity index (χ0v) is 10.7. The Morgan fingerprint density at radius 1 is 1.22 bits per heavy atom. The molecule has 0 aliphatic rings. The van der Waals surface area contributed by atoms with E-state index in [1.807, 2.05) is 24.3 Å². The Morgan fingerprint density at radius 2 is 2.11 bits per heavy atom. The van der Waals surface area contributed by atoms with E-state index in [1.165, 1.54) is 10.3 Å². The maximum Gasteiger partial charge on any atom is 0.136 e. The van der Waals surface area contributed by atoms with E-state index in [0.717, 1.165) is 16.0 Å².